The summed E-state index contributed by atoms with van der Waals surface area (Å²) in [5, 5.41) is 2.74. The zero-order valence-electron chi connectivity index (χ0n) is 14.5. The summed E-state index contributed by atoms with van der Waals surface area (Å²) in [4.78, 5) is 31.8. The third kappa shape index (κ3) is 3.83. The van der Waals surface area contributed by atoms with E-state index < -0.39 is 12.1 Å². The predicted octanol–water partition coefficient (Wildman–Crippen LogP) is 3.15. The largest absolute Gasteiger partial charge is 0.497 e. The van der Waals surface area contributed by atoms with Crippen LogP contribution >= 0.6 is 0 Å². The number of methoxy groups -OCH3 is 1. The van der Waals surface area contributed by atoms with Crippen molar-refractivity contribution in [1.29, 1.82) is 0 Å². The van der Waals surface area contributed by atoms with Gasteiger partial charge in [-0.3, -0.25) is 4.79 Å². The molecule has 0 bridgehead atoms. The molecule has 1 heterocycles. The Bertz CT molecular complexity index is 918. The van der Waals surface area contributed by atoms with E-state index >= 15 is 0 Å². The van der Waals surface area contributed by atoms with Gasteiger partial charge in [-0.15, -0.1) is 0 Å². The lowest BCUT2D eigenvalue weighted by Gasteiger charge is -2.16. The molecule has 1 aromatic heterocycles. The van der Waals surface area contributed by atoms with Gasteiger partial charge in [-0.2, -0.15) is 0 Å². The molecule has 0 aliphatic rings. The molecule has 0 fully saturated rings. The average molecular weight is 353 g/mol. The quantitative estimate of drug-likeness (QED) is 0.664. The average Bonchev–Trinajstić information content (AvgIpc) is 3.14. The highest BCUT2D eigenvalue weighted by Gasteiger charge is 2.22. The number of aromatic nitrogens is 2. The number of nitrogens with one attached hydrogen (secondary N) is 2. The molecule has 0 radical (unpaired) electrons. The first-order chi connectivity index (χ1) is 12.6. The van der Waals surface area contributed by atoms with Gasteiger partial charge in [0.1, 0.15) is 5.75 Å². The lowest BCUT2D eigenvalue weighted by Crippen LogP contribution is -2.32. The number of esters is 1. The second-order valence-corrected chi connectivity index (χ2v) is 5.65. The molecule has 1 atom stereocenters. The number of fused-ring (bicyclic) bond motifs is 1. The standard InChI is InChI=1S/C19H19N3O4/c1-3-17(18(23)22-13-5-7-14(25-2)8-6-13)26-19(24)12-4-9-15-16(10-12)21-11-20-15/h4-11,17H,3H2,1-2H3,(H,20,21)(H,22,23). The van der Waals surface area contributed by atoms with Crippen LogP contribution in [0, 0.1) is 0 Å². The number of carbonyl (C=O) groups is 2. The van der Waals surface area contributed by atoms with E-state index in [0.717, 1.165) is 11.0 Å². The van der Waals surface area contributed by atoms with Gasteiger partial charge < -0.3 is 19.8 Å². The lowest BCUT2D eigenvalue weighted by molar-refractivity contribution is -0.124. The number of hydrogen-bond donors (Lipinski definition) is 2. The molecule has 26 heavy (non-hydrogen) atoms. The molecule has 2 aromatic carbocycles. The Morgan fingerprint density at radius 2 is 1.96 bits per heavy atom. The van der Waals surface area contributed by atoms with Gasteiger partial charge in [0.05, 0.1) is 30.0 Å². The number of aromatic amines is 1. The Labute approximate surface area is 150 Å². The van der Waals surface area contributed by atoms with Crippen LogP contribution in [0.3, 0.4) is 0 Å². The fourth-order valence-electron chi connectivity index (χ4n) is 2.48. The van der Waals surface area contributed by atoms with Crippen LogP contribution in [0.25, 0.3) is 11.0 Å². The van der Waals surface area contributed by atoms with Gasteiger partial charge in [-0.05, 0) is 48.9 Å². The Kier molecular flexibility index (Phi) is 5.17. The van der Waals surface area contributed by atoms with Crippen LogP contribution in [-0.4, -0.2) is 35.1 Å². The Hall–Kier alpha value is -3.35. The molecule has 1 unspecified atom stereocenters. The number of amides is 1. The fourth-order valence-corrected chi connectivity index (χ4v) is 2.48. The molecule has 0 saturated carbocycles. The van der Waals surface area contributed by atoms with Gasteiger partial charge in [0.25, 0.3) is 5.91 Å². The van der Waals surface area contributed by atoms with E-state index in [4.69, 9.17) is 9.47 Å². The monoisotopic (exact) mass is 353 g/mol. The van der Waals surface area contributed by atoms with Gasteiger partial charge in [-0.25, -0.2) is 9.78 Å². The second kappa shape index (κ2) is 7.69. The first-order valence-corrected chi connectivity index (χ1v) is 8.19. The van der Waals surface area contributed by atoms with E-state index in [0.29, 0.717) is 23.4 Å². The summed E-state index contributed by atoms with van der Waals surface area (Å²) in [6, 6.07) is 11.9. The summed E-state index contributed by atoms with van der Waals surface area (Å²) in [5.41, 5.74) is 2.45. The number of hydrogen-bond acceptors (Lipinski definition) is 5. The SMILES string of the molecule is CCC(OC(=O)c1ccc2nc[nH]c2c1)C(=O)Nc1ccc(OC)cc1. The Balaban J connectivity index is 1.66. The fraction of sp³-hybridized carbons (Fsp3) is 0.211. The molecule has 7 heteroatoms. The lowest BCUT2D eigenvalue weighted by atomic mass is 10.2. The van der Waals surface area contributed by atoms with Gasteiger partial charge in [0.15, 0.2) is 6.10 Å². The highest BCUT2D eigenvalue weighted by molar-refractivity contribution is 5.98. The van der Waals surface area contributed by atoms with E-state index in [1.165, 1.54) is 0 Å². The van der Waals surface area contributed by atoms with Crippen molar-refractivity contribution in [1.82, 2.24) is 9.97 Å². The first kappa shape index (κ1) is 17.5. The number of carbonyl (C=O) groups excluding carboxylic acids is 2. The van der Waals surface area contributed by atoms with Gasteiger partial charge >= 0.3 is 5.97 Å². The summed E-state index contributed by atoms with van der Waals surface area (Å²) in [5.74, 6) is -0.248. The minimum Gasteiger partial charge on any atom is -0.497 e. The number of ether oxygens (including phenoxy) is 2. The molecule has 7 nitrogen and oxygen atoms in total. The van der Waals surface area contributed by atoms with E-state index in [9.17, 15) is 9.59 Å². The van der Waals surface area contributed by atoms with E-state index in [1.807, 2.05) is 0 Å². The number of anilines is 1. The zero-order chi connectivity index (χ0) is 18.5. The summed E-state index contributed by atoms with van der Waals surface area (Å²) >= 11 is 0. The number of rotatable bonds is 6. The third-order valence-electron chi connectivity index (χ3n) is 3.93. The van der Waals surface area contributed by atoms with Crippen LogP contribution in [0.2, 0.25) is 0 Å². The molecular weight excluding hydrogens is 334 g/mol. The minimum absolute atomic E-state index is 0.359. The van der Waals surface area contributed by atoms with Crippen molar-refractivity contribution < 1.29 is 19.1 Å². The molecular formula is C19H19N3O4. The van der Waals surface area contributed by atoms with Crippen molar-refractivity contribution >= 4 is 28.6 Å². The summed E-state index contributed by atoms with van der Waals surface area (Å²) in [7, 11) is 1.57. The van der Waals surface area contributed by atoms with Gasteiger partial charge in [0, 0.05) is 5.69 Å². The van der Waals surface area contributed by atoms with E-state index in [-0.39, 0.29) is 5.91 Å². The molecule has 0 aliphatic heterocycles. The van der Waals surface area contributed by atoms with Crippen LogP contribution in [0.5, 0.6) is 5.75 Å². The molecule has 0 aliphatic carbocycles. The summed E-state index contributed by atoms with van der Waals surface area (Å²) < 4.78 is 10.5. The van der Waals surface area contributed by atoms with Crippen LogP contribution < -0.4 is 10.1 Å². The van der Waals surface area contributed by atoms with E-state index in [2.05, 4.69) is 15.3 Å². The topological polar surface area (TPSA) is 93.3 Å². The number of H-pyrrole nitrogens is 1. The maximum absolute atomic E-state index is 12.4. The zero-order valence-corrected chi connectivity index (χ0v) is 14.5. The second-order valence-electron chi connectivity index (χ2n) is 5.65. The van der Waals surface area contributed by atoms with Crippen molar-refractivity contribution in [3.8, 4) is 5.75 Å². The van der Waals surface area contributed by atoms with Crippen molar-refractivity contribution in [2.75, 3.05) is 12.4 Å². The molecule has 0 spiro atoms. The third-order valence-corrected chi connectivity index (χ3v) is 3.93. The van der Waals surface area contributed by atoms with E-state index in [1.54, 1.807) is 62.8 Å². The van der Waals surface area contributed by atoms with Gasteiger partial charge in [0.2, 0.25) is 0 Å². The summed E-state index contributed by atoms with van der Waals surface area (Å²) in [6.07, 6.45) is 1.03. The minimum atomic E-state index is -0.887. The molecule has 2 N–H and O–H groups in total. The summed E-state index contributed by atoms with van der Waals surface area (Å²) in [6.45, 7) is 1.78. The highest BCUT2D eigenvalue weighted by Crippen LogP contribution is 2.17. The van der Waals surface area contributed by atoms with Crippen molar-refractivity contribution in [3.63, 3.8) is 0 Å². The van der Waals surface area contributed by atoms with Crippen LogP contribution in [-0.2, 0) is 9.53 Å². The molecule has 1 amide bonds. The molecule has 3 aromatic rings. The molecule has 134 valence electrons. The molecule has 3 rings (SSSR count). The normalized spacial score (nSPS) is 11.8. The van der Waals surface area contributed by atoms with Crippen molar-refractivity contribution in [2.45, 2.75) is 19.4 Å². The Morgan fingerprint density at radius 1 is 1.19 bits per heavy atom. The van der Waals surface area contributed by atoms with Crippen molar-refractivity contribution in [3.05, 3.63) is 54.4 Å². The maximum Gasteiger partial charge on any atom is 0.338 e. The Morgan fingerprint density at radius 3 is 2.65 bits per heavy atom. The van der Waals surface area contributed by atoms with Crippen LogP contribution in [0.1, 0.15) is 23.7 Å². The first-order valence-electron chi connectivity index (χ1n) is 8.19. The maximum atomic E-state index is 12.4. The van der Waals surface area contributed by atoms with Gasteiger partial charge in [-0.1, -0.05) is 6.92 Å². The predicted molar refractivity (Wildman–Crippen MR) is 97.2 cm³/mol. The number of benzene rings is 2. The molecule has 0 saturated heterocycles. The number of nitrogens with zero attached hydrogens (tertiary/aromatic N) is 1. The van der Waals surface area contributed by atoms with Crippen molar-refractivity contribution in [2.24, 2.45) is 0 Å². The number of imidazole rings is 1. The van der Waals surface area contributed by atoms with Crippen LogP contribution in [0.15, 0.2) is 48.8 Å². The van der Waals surface area contributed by atoms with Crippen LogP contribution in [0.4, 0.5) is 5.69 Å². The highest BCUT2D eigenvalue weighted by atomic mass is 16.5. The smallest absolute Gasteiger partial charge is 0.338 e.